The number of benzene rings is 1. The molecule has 5 heteroatoms. The maximum absolute atomic E-state index is 13.4. The lowest BCUT2D eigenvalue weighted by atomic mass is 10.1. The minimum atomic E-state index is -1.10. The van der Waals surface area contributed by atoms with E-state index >= 15 is 0 Å². The van der Waals surface area contributed by atoms with Crippen LogP contribution in [0.5, 0.6) is 0 Å². The molecule has 0 amide bonds. The fraction of sp³-hybridized carbons (Fsp3) is 0.538. The van der Waals surface area contributed by atoms with E-state index in [1.165, 1.54) is 0 Å². The molecule has 0 bridgehead atoms. The number of hydrogen-bond acceptors (Lipinski definition) is 3. The summed E-state index contributed by atoms with van der Waals surface area (Å²) in [7, 11) is 0. The second-order valence-corrected chi connectivity index (χ2v) is 4.21. The van der Waals surface area contributed by atoms with Gasteiger partial charge in [-0.25, -0.2) is 8.78 Å². The number of rotatable bonds is 7. The van der Waals surface area contributed by atoms with Crippen molar-refractivity contribution in [3.8, 4) is 0 Å². The van der Waals surface area contributed by atoms with Gasteiger partial charge in [-0.3, -0.25) is 0 Å². The summed E-state index contributed by atoms with van der Waals surface area (Å²) < 4.78 is 26.3. The van der Waals surface area contributed by atoms with Crippen molar-refractivity contribution >= 4 is 0 Å². The number of aliphatic hydroxyl groups excluding tert-OH is 2. The molecule has 1 aromatic rings. The molecule has 1 rings (SSSR count). The highest BCUT2D eigenvalue weighted by Crippen LogP contribution is 2.18. The van der Waals surface area contributed by atoms with Gasteiger partial charge in [0.2, 0.25) is 0 Å². The average Bonchev–Trinajstić information content (AvgIpc) is 2.37. The van der Waals surface area contributed by atoms with E-state index < -0.39 is 17.7 Å². The van der Waals surface area contributed by atoms with Gasteiger partial charge in [-0.05, 0) is 31.0 Å². The van der Waals surface area contributed by atoms with E-state index in [2.05, 4.69) is 5.32 Å². The first kappa shape index (κ1) is 15.0. The highest BCUT2D eigenvalue weighted by atomic mass is 19.1. The Kier molecular flexibility index (Phi) is 6.18. The average molecular weight is 259 g/mol. The Morgan fingerprint density at radius 1 is 1.33 bits per heavy atom. The molecule has 0 aromatic heterocycles. The van der Waals surface area contributed by atoms with E-state index in [9.17, 15) is 13.9 Å². The Labute approximate surface area is 105 Å². The summed E-state index contributed by atoms with van der Waals surface area (Å²) in [5.41, 5.74) is -0.0543. The van der Waals surface area contributed by atoms with E-state index in [1.54, 1.807) is 0 Å². The molecule has 0 radical (unpaired) electrons. The first-order valence-corrected chi connectivity index (χ1v) is 6.05. The van der Waals surface area contributed by atoms with E-state index in [4.69, 9.17) is 5.11 Å². The molecule has 18 heavy (non-hydrogen) atoms. The SMILES string of the molecule is CCC(CCO)NCC(O)c1cc(F)ccc1F. The summed E-state index contributed by atoms with van der Waals surface area (Å²) >= 11 is 0. The second-order valence-electron chi connectivity index (χ2n) is 4.21. The van der Waals surface area contributed by atoms with Gasteiger partial charge in [0, 0.05) is 24.8 Å². The molecule has 0 fully saturated rings. The van der Waals surface area contributed by atoms with Crippen LogP contribution in [0.2, 0.25) is 0 Å². The van der Waals surface area contributed by atoms with Crippen LogP contribution >= 0.6 is 0 Å². The molecule has 0 aliphatic carbocycles. The minimum absolute atomic E-state index is 0.0515. The van der Waals surface area contributed by atoms with Crippen LogP contribution in [0.25, 0.3) is 0 Å². The normalized spacial score (nSPS) is 14.5. The van der Waals surface area contributed by atoms with Crippen LogP contribution < -0.4 is 5.32 Å². The molecule has 2 unspecified atom stereocenters. The maximum Gasteiger partial charge on any atom is 0.129 e. The van der Waals surface area contributed by atoms with Crippen molar-refractivity contribution in [3.63, 3.8) is 0 Å². The zero-order valence-electron chi connectivity index (χ0n) is 10.4. The monoisotopic (exact) mass is 259 g/mol. The van der Waals surface area contributed by atoms with Crippen LogP contribution in [0, 0.1) is 11.6 Å². The molecule has 0 saturated heterocycles. The van der Waals surface area contributed by atoms with Gasteiger partial charge < -0.3 is 15.5 Å². The van der Waals surface area contributed by atoms with Gasteiger partial charge in [0.1, 0.15) is 11.6 Å². The van der Waals surface area contributed by atoms with Crippen molar-refractivity contribution in [1.29, 1.82) is 0 Å². The van der Waals surface area contributed by atoms with E-state index in [0.717, 1.165) is 24.6 Å². The zero-order valence-corrected chi connectivity index (χ0v) is 10.4. The molecule has 0 aliphatic heterocycles. The van der Waals surface area contributed by atoms with Crippen molar-refractivity contribution in [3.05, 3.63) is 35.4 Å². The molecular weight excluding hydrogens is 240 g/mol. The summed E-state index contributed by atoms with van der Waals surface area (Å²) in [6.07, 6.45) is 0.252. The van der Waals surface area contributed by atoms with Crippen LogP contribution in [0.1, 0.15) is 31.4 Å². The molecule has 0 aliphatic rings. The summed E-state index contributed by atoms with van der Waals surface area (Å²) in [6, 6.07) is 3.06. The van der Waals surface area contributed by atoms with Crippen LogP contribution in [0.15, 0.2) is 18.2 Å². The van der Waals surface area contributed by atoms with Crippen molar-refractivity contribution in [1.82, 2.24) is 5.32 Å². The quantitative estimate of drug-likeness (QED) is 0.699. The van der Waals surface area contributed by atoms with Gasteiger partial charge in [-0.1, -0.05) is 6.92 Å². The third kappa shape index (κ3) is 4.33. The highest BCUT2D eigenvalue weighted by molar-refractivity contribution is 5.21. The predicted molar refractivity (Wildman–Crippen MR) is 65.1 cm³/mol. The van der Waals surface area contributed by atoms with Gasteiger partial charge in [-0.2, -0.15) is 0 Å². The first-order chi connectivity index (χ1) is 8.58. The fourth-order valence-corrected chi connectivity index (χ4v) is 1.76. The van der Waals surface area contributed by atoms with Crippen molar-refractivity contribution < 1.29 is 19.0 Å². The smallest absolute Gasteiger partial charge is 0.129 e. The fourth-order valence-electron chi connectivity index (χ4n) is 1.76. The van der Waals surface area contributed by atoms with Crippen LogP contribution in [-0.4, -0.2) is 29.4 Å². The maximum atomic E-state index is 13.4. The lowest BCUT2D eigenvalue weighted by Gasteiger charge is -2.19. The standard InChI is InChI=1S/C13H19F2NO2/c1-2-10(5-6-17)16-8-13(18)11-7-9(14)3-4-12(11)15/h3-4,7,10,13,16-18H,2,5-6,8H2,1H3. The Balaban J connectivity index is 2.59. The van der Waals surface area contributed by atoms with Gasteiger partial charge in [0.15, 0.2) is 0 Å². The van der Waals surface area contributed by atoms with Crippen molar-refractivity contribution in [2.75, 3.05) is 13.2 Å². The number of nitrogens with one attached hydrogen (secondary N) is 1. The van der Waals surface area contributed by atoms with Crippen molar-refractivity contribution in [2.24, 2.45) is 0 Å². The molecule has 0 heterocycles. The molecule has 3 nitrogen and oxygen atoms in total. The topological polar surface area (TPSA) is 52.5 Å². The summed E-state index contributed by atoms with van der Waals surface area (Å²) in [5, 5.41) is 21.6. The van der Waals surface area contributed by atoms with Gasteiger partial charge >= 0.3 is 0 Å². The Bertz CT molecular complexity index is 374. The van der Waals surface area contributed by atoms with E-state index in [-0.39, 0.29) is 24.8 Å². The molecule has 0 saturated carbocycles. The van der Waals surface area contributed by atoms with E-state index in [1.807, 2.05) is 6.92 Å². The zero-order chi connectivity index (χ0) is 13.5. The van der Waals surface area contributed by atoms with E-state index in [0.29, 0.717) is 6.42 Å². The first-order valence-electron chi connectivity index (χ1n) is 6.05. The van der Waals surface area contributed by atoms with Crippen LogP contribution in [0.3, 0.4) is 0 Å². The largest absolute Gasteiger partial charge is 0.396 e. The van der Waals surface area contributed by atoms with Crippen LogP contribution in [-0.2, 0) is 0 Å². The lowest BCUT2D eigenvalue weighted by Crippen LogP contribution is -2.33. The predicted octanol–water partition coefficient (Wildman–Crippen LogP) is 1.75. The molecule has 2 atom stereocenters. The molecular formula is C13H19F2NO2. The van der Waals surface area contributed by atoms with Gasteiger partial charge in [-0.15, -0.1) is 0 Å². The molecule has 0 spiro atoms. The van der Waals surface area contributed by atoms with Crippen molar-refractivity contribution in [2.45, 2.75) is 31.9 Å². The minimum Gasteiger partial charge on any atom is -0.396 e. The lowest BCUT2D eigenvalue weighted by molar-refractivity contribution is 0.160. The molecule has 3 N–H and O–H groups in total. The van der Waals surface area contributed by atoms with Crippen LogP contribution in [0.4, 0.5) is 8.78 Å². The van der Waals surface area contributed by atoms with Gasteiger partial charge in [0.25, 0.3) is 0 Å². The summed E-state index contributed by atoms with van der Waals surface area (Å²) in [5.74, 6) is -1.20. The Morgan fingerprint density at radius 2 is 2.06 bits per heavy atom. The number of aliphatic hydroxyl groups is 2. The molecule has 102 valence electrons. The molecule has 1 aromatic carbocycles. The number of hydrogen-bond donors (Lipinski definition) is 3. The Morgan fingerprint density at radius 3 is 2.67 bits per heavy atom. The Hall–Kier alpha value is -1.04. The second kappa shape index (κ2) is 7.41. The highest BCUT2D eigenvalue weighted by Gasteiger charge is 2.15. The third-order valence-electron chi connectivity index (χ3n) is 2.89. The third-order valence-corrected chi connectivity index (χ3v) is 2.89. The summed E-state index contributed by atoms with van der Waals surface area (Å²) in [6.45, 7) is 2.12. The van der Waals surface area contributed by atoms with Gasteiger partial charge in [0.05, 0.1) is 6.10 Å². The number of halogens is 2. The summed E-state index contributed by atoms with van der Waals surface area (Å²) in [4.78, 5) is 0.